The van der Waals surface area contributed by atoms with Crippen LogP contribution >= 0.6 is 22.9 Å². The third-order valence-corrected chi connectivity index (χ3v) is 4.05. The molecule has 1 aliphatic heterocycles. The first-order chi connectivity index (χ1) is 7.13. The van der Waals surface area contributed by atoms with E-state index in [0.29, 0.717) is 0 Å². The number of thiazole rings is 1. The largest absolute Gasteiger partial charge is 0.348 e. The number of nitriles is 1. The van der Waals surface area contributed by atoms with Crippen LogP contribution in [0.4, 0.5) is 5.13 Å². The first-order valence-corrected chi connectivity index (χ1v) is 6.10. The molecule has 3 nitrogen and oxygen atoms in total. The van der Waals surface area contributed by atoms with Crippen LogP contribution in [-0.2, 0) is 0 Å². The molecule has 0 aromatic carbocycles. The van der Waals surface area contributed by atoms with Crippen molar-refractivity contribution in [3.63, 3.8) is 0 Å². The van der Waals surface area contributed by atoms with Crippen molar-refractivity contribution in [2.45, 2.75) is 19.8 Å². The number of anilines is 1. The molecule has 0 unspecified atom stereocenters. The Balaban J connectivity index is 2.03. The van der Waals surface area contributed by atoms with Crippen LogP contribution in [0.15, 0.2) is 6.20 Å². The Kier molecular flexibility index (Phi) is 2.85. The molecule has 2 rings (SSSR count). The summed E-state index contributed by atoms with van der Waals surface area (Å²) in [6.45, 7) is 3.82. The van der Waals surface area contributed by atoms with Crippen LogP contribution in [0.25, 0.3) is 0 Å². The standard InChI is InChI=1S/C10H12ClN3S/c1-10(7-12)2-4-14(5-3-10)9-13-6-8(11)15-9/h6H,2-5H2,1H3. The normalized spacial score (nSPS) is 19.9. The van der Waals surface area contributed by atoms with E-state index in [4.69, 9.17) is 16.9 Å². The van der Waals surface area contributed by atoms with E-state index in [2.05, 4.69) is 16.0 Å². The molecular weight excluding hydrogens is 230 g/mol. The van der Waals surface area contributed by atoms with Crippen molar-refractivity contribution >= 4 is 28.1 Å². The molecule has 0 bridgehead atoms. The lowest BCUT2D eigenvalue weighted by atomic mass is 9.82. The fourth-order valence-corrected chi connectivity index (χ4v) is 2.65. The molecule has 1 aromatic rings. The third-order valence-electron chi connectivity index (χ3n) is 2.87. The Hall–Kier alpha value is -0.790. The van der Waals surface area contributed by atoms with Crippen LogP contribution in [0.5, 0.6) is 0 Å². The number of nitrogens with zero attached hydrogens (tertiary/aromatic N) is 3. The van der Waals surface area contributed by atoms with Crippen LogP contribution in [0.1, 0.15) is 19.8 Å². The Morgan fingerprint density at radius 2 is 2.27 bits per heavy atom. The molecule has 0 aliphatic carbocycles. The molecule has 1 saturated heterocycles. The van der Waals surface area contributed by atoms with Crippen LogP contribution in [0, 0.1) is 16.7 Å². The molecular formula is C10H12ClN3S. The van der Waals surface area contributed by atoms with Crippen LogP contribution in [-0.4, -0.2) is 18.1 Å². The van der Waals surface area contributed by atoms with Crippen LogP contribution < -0.4 is 4.90 Å². The average Bonchev–Trinajstić information content (AvgIpc) is 2.66. The topological polar surface area (TPSA) is 39.9 Å². The van der Waals surface area contributed by atoms with Gasteiger partial charge in [0.2, 0.25) is 0 Å². The lowest BCUT2D eigenvalue weighted by Crippen LogP contribution is -2.37. The van der Waals surface area contributed by atoms with Gasteiger partial charge in [-0.25, -0.2) is 4.98 Å². The summed E-state index contributed by atoms with van der Waals surface area (Å²) in [5.41, 5.74) is -0.155. The van der Waals surface area contributed by atoms with E-state index in [9.17, 15) is 0 Å². The van der Waals surface area contributed by atoms with Gasteiger partial charge in [0, 0.05) is 13.1 Å². The van der Waals surface area contributed by atoms with Gasteiger partial charge in [-0.15, -0.1) is 0 Å². The molecule has 0 saturated carbocycles. The second-order valence-electron chi connectivity index (χ2n) is 4.11. The lowest BCUT2D eigenvalue weighted by molar-refractivity contribution is 0.337. The highest BCUT2D eigenvalue weighted by atomic mass is 35.5. The fourth-order valence-electron chi connectivity index (χ4n) is 1.70. The van der Waals surface area contributed by atoms with E-state index in [1.807, 2.05) is 6.92 Å². The van der Waals surface area contributed by atoms with E-state index in [0.717, 1.165) is 35.4 Å². The van der Waals surface area contributed by atoms with Crippen molar-refractivity contribution in [3.05, 3.63) is 10.5 Å². The molecule has 15 heavy (non-hydrogen) atoms. The number of halogens is 1. The Morgan fingerprint density at radius 1 is 1.60 bits per heavy atom. The van der Waals surface area contributed by atoms with Gasteiger partial charge in [-0.2, -0.15) is 5.26 Å². The van der Waals surface area contributed by atoms with Gasteiger partial charge in [0.15, 0.2) is 5.13 Å². The van der Waals surface area contributed by atoms with Gasteiger partial charge < -0.3 is 4.90 Å². The maximum Gasteiger partial charge on any atom is 0.186 e. The summed E-state index contributed by atoms with van der Waals surface area (Å²) in [6.07, 6.45) is 3.49. The first kappa shape index (κ1) is 10.7. The molecule has 1 fully saturated rings. The zero-order valence-electron chi connectivity index (χ0n) is 8.53. The average molecular weight is 242 g/mol. The van der Waals surface area contributed by atoms with Crippen molar-refractivity contribution in [2.24, 2.45) is 5.41 Å². The van der Waals surface area contributed by atoms with Gasteiger partial charge in [0.25, 0.3) is 0 Å². The van der Waals surface area contributed by atoms with Crippen LogP contribution in [0.2, 0.25) is 4.34 Å². The molecule has 1 aromatic heterocycles. The predicted molar refractivity (Wildman–Crippen MR) is 62.3 cm³/mol. The molecule has 0 spiro atoms. The van der Waals surface area contributed by atoms with Crippen LogP contribution in [0.3, 0.4) is 0 Å². The minimum absolute atomic E-state index is 0.155. The van der Waals surface area contributed by atoms with Gasteiger partial charge in [-0.1, -0.05) is 22.9 Å². The summed E-state index contributed by atoms with van der Waals surface area (Å²) in [5, 5.41) is 9.98. The van der Waals surface area contributed by atoms with E-state index in [1.165, 1.54) is 11.3 Å². The Morgan fingerprint density at radius 3 is 2.73 bits per heavy atom. The number of hydrogen-bond donors (Lipinski definition) is 0. The quantitative estimate of drug-likeness (QED) is 0.759. The molecule has 1 aliphatic rings. The highest BCUT2D eigenvalue weighted by Gasteiger charge is 2.30. The molecule has 0 atom stereocenters. The second-order valence-corrected chi connectivity index (χ2v) is 5.75. The summed E-state index contributed by atoms with van der Waals surface area (Å²) < 4.78 is 0.721. The highest BCUT2D eigenvalue weighted by molar-refractivity contribution is 7.19. The van der Waals surface area contributed by atoms with Gasteiger partial charge >= 0.3 is 0 Å². The van der Waals surface area contributed by atoms with Gasteiger partial charge in [0.05, 0.1) is 17.7 Å². The van der Waals surface area contributed by atoms with Crippen molar-refractivity contribution in [2.75, 3.05) is 18.0 Å². The van der Waals surface area contributed by atoms with E-state index in [-0.39, 0.29) is 5.41 Å². The summed E-state index contributed by atoms with van der Waals surface area (Å²) in [6, 6.07) is 2.39. The monoisotopic (exact) mass is 241 g/mol. The second kappa shape index (κ2) is 3.99. The molecule has 0 amide bonds. The maximum absolute atomic E-state index is 9.01. The van der Waals surface area contributed by atoms with Gasteiger partial charge in [-0.3, -0.25) is 0 Å². The van der Waals surface area contributed by atoms with Gasteiger partial charge in [0.1, 0.15) is 4.34 Å². The number of piperidine rings is 1. The molecule has 0 radical (unpaired) electrons. The zero-order chi connectivity index (χ0) is 10.9. The molecule has 2 heterocycles. The fraction of sp³-hybridized carbons (Fsp3) is 0.600. The van der Waals surface area contributed by atoms with Crippen molar-refractivity contribution < 1.29 is 0 Å². The summed E-state index contributed by atoms with van der Waals surface area (Å²) >= 11 is 7.34. The summed E-state index contributed by atoms with van der Waals surface area (Å²) in [7, 11) is 0. The third kappa shape index (κ3) is 2.24. The number of rotatable bonds is 1. The van der Waals surface area contributed by atoms with E-state index < -0.39 is 0 Å². The molecule has 0 N–H and O–H groups in total. The van der Waals surface area contributed by atoms with Crippen molar-refractivity contribution in [3.8, 4) is 6.07 Å². The molecule has 5 heteroatoms. The minimum atomic E-state index is -0.155. The maximum atomic E-state index is 9.01. The summed E-state index contributed by atoms with van der Waals surface area (Å²) in [4.78, 5) is 6.45. The highest BCUT2D eigenvalue weighted by Crippen LogP contribution is 2.34. The zero-order valence-corrected chi connectivity index (χ0v) is 10.1. The molecule has 80 valence electrons. The SMILES string of the molecule is CC1(C#N)CCN(c2ncc(Cl)s2)CC1. The number of hydrogen-bond acceptors (Lipinski definition) is 4. The van der Waals surface area contributed by atoms with E-state index in [1.54, 1.807) is 6.20 Å². The first-order valence-electron chi connectivity index (χ1n) is 4.90. The number of aromatic nitrogens is 1. The smallest absolute Gasteiger partial charge is 0.186 e. The van der Waals surface area contributed by atoms with Crippen molar-refractivity contribution in [1.29, 1.82) is 5.26 Å². The summed E-state index contributed by atoms with van der Waals surface area (Å²) in [5.74, 6) is 0. The predicted octanol–water partition coefficient (Wildman–Crippen LogP) is 2.93. The van der Waals surface area contributed by atoms with E-state index >= 15 is 0 Å². The van der Waals surface area contributed by atoms with Gasteiger partial charge in [-0.05, 0) is 19.8 Å². The minimum Gasteiger partial charge on any atom is -0.348 e. The lowest BCUT2D eigenvalue weighted by Gasteiger charge is -2.34. The van der Waals surface area contributed by atoms with Crippen molar-refractivity contribution in [1.82, 2.24) is 4.98 Å². The Labute approximate surface area is 98.3 Å². The Bertz CT molecular complexity index is 388.